The highest BCUT2D eigenvalue weighted by molar-refractivity contribution is 8.18. The maximum atomic E-state index is 12.3. The summed E-state index contributed by atoms with van der Waals surface area (Å²) in [4.78, 5) is 36.1. The molecule has 26 heavy (non-hydrogen) atoms. The number of carbonyl (C=O) groups is 3. The summed E-state index contributed by atoms with van der Waals surface area (Å²) < 4.78 is 5.71. The number of aliphatic carboxylic acids is 1. The number of nitrogens with zero attached hydrogens (tertiary/aromatic N) is 1. The summed E-state index contributed by atoms with van der Waals surface area (Å²) in [6, 6.07) is 10.7. The van der Waals surface area contributed by atoms with E-state index in [0.717, 1.165) is 22.2 Å². The molecule has 0 atom stereocenters. The lowest BCUT2D eigenvalue weighted by Gasteiger charge is -2.10. The van der Waals surface area contributed by atoms with Gasteiger partial charge < -0.3 is 9.52 Å². The SMILES string of the molecule is O=C(O)CCCN1C(=O)S/C(=C/c2ccc(-c3ccccc3Cl)o2)C1=O. The summed E-state index contributed by atoms with van der Waals surface area (Å²) in [5.41, 5.74) is 0.732. The van der Waals surface area contributed by atoms with Crippen molar-refractivity contribution < 1.29 is 23.9 Å². The van der Waals surface area contributed by atoms with Crippen LogP contribution in [0.2, 0.25) is 5.02 Å². The number of thioether (sulfide) groups is 1. The molecule has 3 rings (SSSR count). The van der Waals surface area contributed by atoms with Crippen LogP contribution in [0.3, 0.4) is 0 Å². The summed E-state index contributed by atoms with van der Waals surface area (Å²) >= 11 is 6.95. The van der Waals surface area contributed by atoms with Gasteiger partial charge in [0.1, 0.15) is 11.5 Å². The Morgan fingerprint density at radius 2 is 2.00 bits per heavy atom. The highest BCUT2D eigenvalue weighted by Crippen LogP contribution is 2.34. The summed E-state index contributed by atoms with van der Waals surface area (Å²) in [7, 11) is 0. The van der Waals surface area contributed by atoms with Crippen molar-refractivity contribution in [3.8, 4) is 11.3 Å². The van der Waals surface area contributed by atoms with Crippen molar-refractivity contribution in [3.63, 3.8) is 0 Å². The number of halogens is 1. The minimum absolute atomic E-state index is 0.0807. The second kappa shape index (κ2) is 7.80. The molecule has 1 aromatic heterocycles. The first-order chi connectivity index (χ1) is 12.5. The topological polar surface area (TPSA) is 87.8 Å². The number of hydrogen-bond acceptors (Lipinski definition) is 5. The molecule has 2 aromatic rings. The van der Waals surface area contributed by atoms with Gasteiger partial charge in [0.2, 0.25) is 0 Å². The standard InChI is InChI=1S/C18H14ClNO5S/c19-13-5-2-1-4-12(13)14-8-7-11(25-14)10-15-17(23)20(18(24)26-15)9-3-6-16(21)22/h1-2,4-5,7-8,10H,3,6,9H2,(H,21,22)/b15-10+. The van der Waals surface area contributed by atoms with Gasteiger partial charge in [0.15, 0.2) is 0 Å². The Bertz CT molecular complexity index is 904. The van der Waals surface area contributed by atoms with Crippen molar-refractivity contribution in [1.82, 2.24) is 4.90 Å². The number of furan rings is 1. The van der Waals surface area contributed by atoms with Gasteiger partial charge in [-0.1, -0.05) is 23.7 Å². The van der Waals surface area contributed by atoms with Gasteiger partial charge in [-0.25, -0.2) is 0 Å². The number of rotatable bonds is 6. The van der Waals surface area contributed by atoms with Crippen LogP contribution >= 0.6 is 23.4 Å². The molecule has 1 aliphatic rings. The molecule has 6 nitrogen and oxygen atoms in total. The zero-order valence-corrected chi connectivity index (χ0v) is 15.0. The van der Waals surface area contributed by atoms with Gasteiger partial charge in [0.25, 0.3) is 11.1 Å². The Morgan fingerprint density at radius 3 is 2.73 bits per heavy atom. The van der Waals surface area contributed by atoms with Crippen LogP contribution in [0.4, 0.5) is 4.79 Å². The van der Waals surface area contributed by atoms with E-state index < -0.39 is 17.1 Å². The zero-order chi connectivity index (χ0) is 18.7. The third-order valence-electron chi connectivity index (χ3n) is 3.69. The molecule has 2 amide bonds. The second-order valence-corrected chi connectivity index (χ2v) is 6.91. The van der Waals surface area contributed by atoms with Crippen molar-refractivity contribution in [2.45, 2.75) is 12.8 Å². The third-order valence-corrected chi connectivity index (χ3v) is 4.92. The van der Waals surface area contributed by atoms with E-state index in [-0.39, 0.29) is 24.3 Å². The second-order valence-electron chi connectivity index (χ2n) is 5.51. The summed E-state index contributed by atoms with van der Waals surface area (Å²) in [6.07, 6.45) is 1.63. The molecule has 1 N–H and O–H groups in total. The Labute approximate surface area is 158 Å². The monoisotopic (exact) mass is 391 g/mol. The molecular formula is C18H14ClNO5S. The van der Waals surface area contributed by atoms with Gasteiger partial charge in [-0.2, -0.15) is 0 Å². The number of hydrogen-bond donors (Lipinski definition) is 1. The average Bonchev–Trinajstić information content (AvgIpc) is 3.15. The summed E-state index contributed by atoms with van der Waals surface area (Å²) in [6.45, 7) is 0.0807. The van der Waals surface area contributed by atoms with E-state index in [9.17, 15) is 14.4 Å². The number of carbonyl (C=O) groups excluding carboxylic acids is 2. The molecule has 1 aromatic carbocycles. The van der Waals surface area contributed by atoms with Crippen LogP contribution in [0.1, 0.15) is 18.6 Å². The number of amides is 2. The Hall–Kier alpha value is -2.51. The highest BCUT2D eigenvalue weighted by Gasteiger charge is 2.34. The average molecular weight is 392 g/mol. The minimum Gasteiger partial charge on any atom is -0.481 e. The number of carboxylic acids is 1. The molecule has 0 bridgehead atoms. The molecule has 0 unspecified atom stereocenters. The van der Waals surface area contributed by atoms with Gasteiger partial charge in [0.05, 0.1) is 9.93 Å². The first-order valence-electron chi connectivity index (χ1n) is 7.77. The smallest absolute Gasteiger partial charge is 0.303 e. The maximum Gasteiger partial charge on any atom is 0.303 e. The quantitative estimate of drug-likeness (QED) is 0.729. The maximum absolute atomic E-state index is 12.3. The lowest BCUT2D eigenvalue weighted by Crippen LogP contribution is -2.29. The zero-order valence-electron chi connectivity index (χ0n) is 13.5. The van der Waals surface area contributed by atoms with Gasteiger partial charge in [0, 0.05) is 24.6 Å². The Kier molecular flexibility index (Phi) is 5.49. The molecule has 8 heteroatoms. The van der Waals surface area contributed by atoms with E-state index in [1.165, 1.54) is 6.08 Å². The first kappa shape index (κ1) is 18.3. The molecule has 1 fully saturated rings. The normalized spacial score (nSPS) is 15.9. The number of carboxylic acid groups (broad SMARTS) is 1. The number of benzene rings is 1. The van der Waals surface area contributed by atoms with Crippen LogP contribution in [0.15, 0.2) is 45.7 Å². The van der Waals surface area contributed by atoms with Crippen molar-refractivity contribution in [1.29, 1.82) is 0 Å². The van der Waals surface area contributed by atoms with Crippen LogP contribution in [-0.2, 0) is 9.59 Å². The van der Waals surface area contributed by atoms with Gasteiger partial charge >= 0.3 is 5.97 Å². The highest BCUT2D eigenvalue weighted by atomic mass is 35.5. The fourth-order valence-corrected chi connectivity index (χ4v) is 3.52. The van der Waals surface area contributed by atoms with Gasteiger partial charge in [-0.15, -0.1) is 0 Å². The van der Waals surface area contributed by atoms with E-state index in [1.807, 2.05) is 18.2 Å². The van der Waals surface area contributed by atoms with E-state index in [1.54, 1.807) is 18.2 Å². The molecule has 1 aliphatic heterocycles. The minimum atomic E-state index is -0.963. The lowest BCUT2D eigenvalue weighted by atomic mass is 10.2. The predicted octanol–water partition coefficient (Wildman–Crippen LogP) is 4.50. The van der Waals surface area contributed by atoms with E-state index in [4.69, 9.17) is 21.1 Å². The summed E-state index contributed by atoms with van der Waals surface area (Å²) in [5, 5.41) is 8.79. The van der Waals surface area contributed by atoms with Crippen molar-refractivity contribution in [2.24, 2.45) is 0 Å². The predicted molar refractivity (Wildman–Crippen MR) is 98.7 cm³/mol. The van der Waals surface area contributed by atoms with E-state index in [0.29, 0.717) is 16.5 Å². The van der Waals surface area contributed by atoms with Crippen LogP contribution < -0.4 is 0 Å². The largest absolute Gasteiger partial charge is 0.481 e. The van der Waals surface area contributed by atoms with Crippen LogP contribution in [0, 0.1) is 0 Å². The molecule has 0 aliphatic carbocycles. The molecule has 0 radical (unpaired) electrons. The molecule has 0 saturated carbocycles. The molecule has 1 saturated heterocycles. The van der Waals surface area contributed by atoms with Crippen LogP contribution in [-0.4, -0.2) is 33.7 Å². The fourth-order valence-electron chi connectivity index (χ4n) is 2.45. The first-order valence-corrected chi connectivity index (χ1v) is 8.97. The number of imide groups is 1. The lowest BCUT2D eigenvalue weighted by molar-refractivity contribution is -0.137. The Balaban J connectivity index is 1.75. The van der Waals surface area contributed by atoms with E-state index >= 15 is 0 Å². The van der Waals surface area contributed by atoms with Crippen molar-refractivity contribution in [2.75, 3.05) is 6.54 Å². The summed E-state index contributed by atoms with van der Waals surface area (Å²) in [5.74, 6) is -0.422. The molecule has 134 valence electrons. The van der Waals surface area contributed by atoms with E-state index in [2.05, 4.69) is 0 Å². The van der Waals surface area contributed by atoms with Gasteiger partial charge in [-0.3, -0.25) is 19.3 Å². The fraction of sp³-hybridized carbons (Fsp3) is 0.167. The van der Waals surface area contributed by atoms with Crippen molar-refractivity contribution in [3.05, 3.63) is 52.1 Å². The molecular weight excluding hydrogens is 378 g/mol. The van der Waals surface area contributed by atoms with Crippen LogP contribution in [0.5, 0.6) is 0 Å². The van der Waals surface area contributed by atoms with Crippen LogP contribution in [0.25, 0.3) is 17.4 Å². The van der Waals surface area contributed by atoms with Crippen molar-refractivity contribution >= 4 is 46.6 Å². The van der Waals surface area contributed by atoms with Gasteiger partial charge in [-0.05, 0) is 42.4 Å². The Morgan fingerprint density at radius 1 is 1.23 bits per heavy atom. The molecule has 2 heterocycles. The molecule has 0 spiro atoms. The third kappa shape index (κ3) is 4.00.